The maximum atomic E-state index is 12.8. The summed E-state index contributed by atoms with van der Waals surface area (Å²) >= 11 is 0. The second kappa shape index (κ2) is 15.1. The van der Waals surface area contributed by atoms with Crippen LogP contribution in [-0.4, -0.2) is 82.3 Å². The van der Waals surface area contributed by atoms with Gasteiger partial charge in [-0.1, -0.05) is 13.8 Å². The average molecular weight is 462 g/mol. The zero-order valence-electron chi connectivity index (χ0n) is 18.4. The highest BCUT2D eigenvalue weighted by atomic mass is 16.4. The normalized spacial score (nSPS) is 14.7. The van der Waals surface area contributed by atoms with Gasteiger partial charge >= 0.3 is 11.9 Å². The van der Waals surface area contributed by atoms with E-state index in [0.717, 1.165) is 0 Å². The van der Waals surface area contributed by atoms with Crippen LogP contribution >= 0.6 is 0 Å². The first-order valence-electron chi connectivity index (χ1n) is 10.4. The molecule has 0 bridgehead atoms. The maximum absolute atomic E-state index is 12.8. The molecule has 0 heterocycles. The summed E-state index contributed by atoms with van der Waals surface area (Å²) in [6.07, 6.45) is 0.500. The highest BCUT2D eigenvalue weighted by molar-refractivity contribution is 5.94. The third kappa shape index (κ3) is 11.0. The Morgan fingerprint density at radius 3 is 1.91 bits per heavy atom. The lowest BCUT2D eigenvalue weighted by Crippen LogP contribution is -2.58. The molecule has 10 N–H and O–H groups in total. The van der Waals surface area contributed by atoms with E-state index in [9.17, 15) is 29.1 Å². The van der Waals surface area contributed by atoms with E-state index in [2.05, 4.69) is 16.0 Å². The van der Waals surface area contributed by atoms with Gasteiger partial charge in [0.1, 0.15) is 24.2 Å². The van der Waals surface area contributed by atoms with Gasteiger partial charge in [0.2, 0.25) is 17.7 Å². The molecule has 0 fully saturated rings. The van der Waals surface area contributed by atoms with E-state index in [4.69, 9.17) is 21.7 Å². The molecule has 0 saturated heterocycles. The van der Waals surface area contributed by atoms with Crippen molar-refractivity contribution in [3.05, 3.63) is 0 Å². The van der Waals surface area contributed by atoms with Gasteiger partial charge in [0.25, 0.3) is 0 Å². The summed E-state index contributed by atoms with van der Waals surface area (Å²) in [7, 11) is 0. The van der Waals surface area contributed by atoms with Crippen molar-refractivity contribution in [2.24, 2.45) is 17.4 Å². The molecule has 0 aliphatic rings. The Bertz CT molecular complexity index is 658. The van der Waals surface area contributed by atoms with Crippen LogP contribution in [0.4, 0.5) is 0 Å². The van der Waals surface area contributed by atoms with Crippen molar-refractivity contribution < 1.29 is 39.3 Å². The second-order valence-corrected chi connectivity index (χ2v) is 7.70. The molecular formula is C19H35N5O8. The van der Waals surface area contributed by atoms with Crippen molar-refractivity contribution in [3.8, 4) is 0 Å². The predicted octanol–water partition coefficient (Wildman–Crippen LogP) is -2.51. The first kappa shape index (κ1) is 29.2. The summed E-state index contributed by atoms with van der Waals surface area (Å²) in [6.45, 7) is 3.01. The van der Waals surface area contributed by atoms with E-state index < -0.39 is 72.8 Å². The van der Waals surface area contributed by atoms with Gasteiger partial charge in [-0.2, -0.15) is 0 Å². The van der Waals surface area contributed by atoms with Crippen LogP contribution in [0.1, 0.15) is 46.0 Å². The summed E-state index contributed by atoms with van der Waals surface area (Å²) in [5.41, 5.74) is 10.9. The number of nitrogens with one attached hydrogen (secondary N) is 3. The number of carbonyl (C=O) groups is 5. The van der Waals surface area contributed by atoms with Crippen molar-refractivity contribution in [1.82, 2.24) is 16.0 Å². The van der Waals surface area contributed by atoms with E-state index in [1.54, 1.807) is 13.8 Å². The van der Waals surface area contributed by atoms with Crippen molar-refractivity contribution in [2.45, 2.75) is 70.1 Å². The summed E-state index contributed by atoms with van der Waals surface area (Å²) < 4.78 is 0. The number of aliphatic hydroxyl groups excluding tert-OH is 1. The van der Waals surface area contributed by atoms with E-state index >= 15 is 0 Å². The molecule has 0 rings (SSSR count). The van der Waals surface area contributed by atoms with Crippen LogP contribution < -0.4 is 27.4 Å². The molecule has 0 aromatic heterocycles. The minimum atomic E-state index is -1.45. The topological polar surface area (TPSA) is 234 Å². The zero-order valence-corrected chi connectivity index (χ0v) is 18.4. The van der Waals surface area contributed by atoms with Crippen molar-refractivity contribution in [2.75, 3.05) is 13.2 Å². The molecule has 3 amide bonds. The average Bonchev–Trinajstić information content (AvgIpc) is 2.72. The SMILES string of the molecule is CC(C)[C@H](NC(=O)[C@H](CCCCN)NC(=O)[C@@H](N)CO)C(=O)N[C@@H](CCC(=O)O)C(=O)O. The third-order valence-corrected chi connectivity index (χ3v) is 4.62. The maximum Gasteiger partial charge on any atom is 0.326 e. The van der Waals surface area contributed by atoms with Crippen LogP contribution in [0.5, 0.6) is 0 Å². The highest BCUT2D eigenvalue weighted by Crippen LogP contribution is 2.08. The van der Waals surface area contributed by atoms with Crippen LogP contribution in [0.25, 0.3) is 0 Å². The van der Waals surface area contributed by atoms with Crippen LogP contribution in [-0.2, 0) is 24.0 Å². The van der Waals surface area contributed by atoms with Gasteiger partial charge in [-0.05, 0) is 38.1 Å². The third-order valence-electron chi connectivity index (χ3n) is 4.62. The van der Waals surface area contributed by atoms with E-state index in [0.29, 0.717) is 19.4 Å². The fourth-order valence-electron chi connectivity index (χ4n) is 2.70. The fourth-order valence-corrected chi connectivity index (χ4v) is 2.70. The summed E-state index contributed by atoms with van der Waals surface area (Å²) in [5.74, 6) is -5.30. The Morgan fingerprint density at radius 2 is 1.44 bits per heavy atom. The number of rotatable bonds is 16. The van der Waals surface area contributed by atoms with Gasteiger partial charge < -0.3 is 42.7 Å². The molecule has 0 aromatic carbocycles. The molecule has 13 nitrogen and oxygen atoms in total. The number of carbonyl (C=O) groups excluding carboxylic acids is 3. The summed E-state index contributed by atoms with van der Waals surface area (Å²) in [6, 6.07) is -4.87. The number of carboxylic acids is 2. The number of aliphatic hydroxyl groups is 1. The van der Waals surface area contributed by atoms with E-state index in [1.165, 1.54) is 0 Å². The molecule has 0 aliphatic carbocycles. The number of unbranched alkanes of at least 4 members (excludes halogenated alkanes) is 1. The van der Waals surface area contributed by atoms with Gasteiger partial charge in [0.15, 0.2) is 0 Å². The molecule has 0 unspecified atom stereocenters. The van der Waals surface area contributed by atoms with E-state index in [-0.39, 0.29) is 12.8 Å². The monoisotopic (exact) mass is 461 g/mol. The molecule has 32 heavy (non-hydrogen) atoms. The molecule has 0 saturated carbocycles. The highest BCUT2D eigenvalue weighted by Gasteiger charge is 2.31. The van der Waals surface area contributed by atoms with Crippen LogP contribution in [0.2, 0.25) is 0 Å². The van der Waals surface area contributed by atoms with Crippen molar-refractivity contribution in [3.63, 3.8) is 0 Å². The fraction of sp³-hybridized carbons (Fsp3) is 0.737. The number of hydrogen-bond donors (Lipinski definition) is 8. The quantitative estimate of drug-likeness (QED) is 0.112. The summed E-state index contributed by atoms with van der Waals surface area (Å²) in [4.78, 5) is 59.5. The van der Waals surface area contributed by atoms with Crippen molar-refractivity contribution in [1.29, 1.82) is 0 Å². The zero-order chi connectivity index (χ0) is 24.8. The smallest absolute Gasteiger partial charge is 0.326 e. The first-order valence-corrected chi connectivity index (χ1v) is 10.4. The van der Waals surface area contributed by atoms with Crippen molar-refractivity contribution >= 4 is 29.7 Å². The van der Waals surface area contributed by atoms with Crippen LogP contribution in [0.15, 0.2) is 0 Å². The molecule has 13 heteroatoms. The van der Waals surface area contributed by atoms with Gasteiger partial charge in [-0.15, -0.1) is 0 Å². The Hall–Kier alpha value is -2.77. The standard InChI is InChI=1S/C19H35N5O8/c1-10(2)15(18(30)23-13(19(31)32)6-7-14(26)27)24-17(29)12(5-3-4-8-20)22-16(28)11(21)9-25/h10-13,15,25H,3-9,20-21H2,1-2H3,(H,22,28)(H,23,30)(H,24,29)(H,26,27)(H,31,32)/t11-,12-,13-,15-/m0/s1. The number of aliphatic carboxylic acids is 2. The Kier molecular flexibility index (Phi) is 13.8. The number of hydrogen-bond acceptors (Lipinski definition) is 8. The Labute approximate surface area is 186 Å². The molecule has 0 radical (unpaired) electrons. The number of carboxylic acid groups (broad SMARTS) is 2. The largest absolute Gasteiger partial charge is 0.481 e. The minimum Gasteiger partial charge on any atom is -0.481 e. The Morgan fingerprint density at radius 1 is 0.844 bits per heavy atom. The molecular weight excluding hydrogens is 426 g/mol. The lowest BCUT2D eigenvalue weighted by atomic mass is 10.0. The second-order valence-electron chi connectivity index (χ2n) is 7.70. The molecule has 184 valence electrons. The number of amides is 3. The molecule has 0 spiro atoms. The van der Waals surface area contributed by atoms with Crippen LogP contribution in [0, 0.1) is 5.92 Å². The molecule has 0 aromatic rings. The number of nitrogens with two attached hydrogens (primary N) is 2. The van der Waals surface area contributed by atoms with Gasteiger partial charge in [0, 0.05) is 6.42 Å². The lowest BCUT2D eigenvalue weighted by Gasteiger charge is -2.27. The lowest BCUT2D eigenvalue weighted by molar-refractivity contribution is -0.143. The summed E-state index contributed by atoms with van der Waals surface area (Å²) in [5, 5.41) is 34.2. The van der Waals surface area contributed by atoms with Gasteiger partial charge in [0.05, 0.1) is 6.61 Å². The van der Waals surface area contributed by atoms with E-state index in [1.807, 2.05) is 0 Å². The van der Waals surface area contributed by atoms with Gasteiger partial charge in [-0.3, -0.25) is 19.2 Å². The van der Waals surface area contributed by atoms with Gasteiger partial charge in [-0.25, -0.2) is 4.79 Å². The molecule has 4 atom stereocenters. The first-order chi connectivity index (χ1) is 14.9. The Balaban J connectivity index is 5.36. The van der Waals surface area contributed by atoms with Crippen LogP contribution in [0.3, 0.4) is 0 Å². The minimum absolute atomic E-state index is 0.204. The predicted molar refractivity (Wildman–Crippen MR) is 113 cm³/mol. The molecule has 0 aliphatic heterocycles.